The zero-order valence-electron chi connectivity index (χ0n) is 96.7. The van der Waals surface area contributed by atoms with Crippen LogP contribution >= 0.6 is 0 Å². The van der Waals surface area contributed by atoms with Crippen LogP contribution < -0.4 is 0 Å². The first-order valence-electron chi connectivity index (χ1n) is 56.7. The quantitative estimate of drug-likeness (QED) is 0.0328. The lowest BCUT2D eigenvalue weighted by Gasteiger charge is -2.59. The third-order valence-corrected chi connectivity index (χ3v) is 34.1. The Balaban J connectivity index is 0.000000830. The fourth-order valence-electron chi connectivity index (χ4n) is 22.8. The summed E-state index contributed by atoms with van der Waals surface area (Å²) in [6, 6.07) is 0. The van der Waals surface area contributed by atoms with Crippen molar-refractivity contribution in [2.75, 3.05) is 33.0 Å². The van der Waals surface area contributed by atoms with E-state index in [9.17, 15) is 57.5 Å². The molecule has 0 aliphatic heterocycles. The summed E-state index contributed by atoms with van der Waals surface area (Å²) in [5, 5.41) is 0. The molecule has 0 aromatic carbocycles. The number of carbonyl (C=O) groups excluding carboxylic acids is 12. The van der Waals surface area contributed by atoms with Gasteiger partial charge in [0.05, 0.1) is 32.5 Å². The number of hydrogen-bond acceptors (Lipinski definition) is 24. The van der Waals surface area contributed by atoms with Crippen LogP contribution in [0.2, 0.25) is 0 Å². The number of rotatable bonds is 34. The van der Waals surface area contributed by atoms with E-state index >= 15 is 0 Å². The Hall–Kier alpha value is -6.36. The molecule has 0 amide bonds. The van der Waals surface area contributed by atoms with E-state index in [2.05, 4.69) is 20.8 Å². The fraction of sp³-hybridized carbons (Fsp3) is 0.897. The lowest BCUT2D eigenvalue weighted by molar-refractivity contribution is -0.213. The number of ether oxygens (including phenoxy) is 12. The minimum absolute atomic E-state index is 0.248. The largest absolute Gasteiger partial charge is 0.457 e. The van der Waals surface area contributed by atoms with Gasteiger partial charge in [-0.2, -0.15) is 0 Å². The topological polar surface area (TPSA) is 316 Å². The van der Waals surface area contributed by atoms with Gasteiger partial charge >= 0.3 is 71.6 Å². The SMILES string of the molecule is CC.CC.CC.CC.CC.CC.CCC(C)(C)C(=O)OC(C)C(=O)OC1(C)C2CC3CC(C2)CC1C3.CCC(C)(C)C(=O)OCC(=O)OC1(C)CCCCC1.CCC(C)(C)C(=O)OCC(=O)OC1(CC)CC2CC1C1C3CCC(C3)C21.CCC(C)(C)C(=O)OCC(=O)OC1(CC)CC2CCC1C2.CCC1(OC(=O)COC(=O)C(C)(C)CC)CCCC1.CCC1(OC(=O)COC(=O)C(C)(C)CC)CCCCC1. The highest BCUT2D eigenvalue weighted by molar-refractivity contribution is 5.84. The third kappa shape index (κ3) is 37.8. The zero-order chi connectivity index (χ0) is 108. The zero-order valence-corrected chi connectivity index (χ0v) is 96.7. The fourth-order valence-corrected chi connectivity index (χ4v) is 22.8. The maximum absolute atomic E-state index is 12.6. The Morgan fingerprint density at radius 3 is 0.915 bits per heavy atom. The van der Waals surface area contributed by atoms with Crippen LogP contribution in [0, 0.1) is 104 Å². The van der Waals surface area contributed by atoms with Crippen LogP contribution in [-0.4, -0.2) is 144 Å². The van der Waals surface area contributed by atoms with Crippen LogP contribution in [0.4, 0.5) is 0 Å². The van der Waals surface area contributed by atoms with Gasteiger partial charge in [-0.15, -0.1) is 0 Å². The van der Waals surface area contributed by atoms with E-state index in [4.69, 9.17) is 56.8 Å². The lowest BCUT2D eigenvalue weighted by atomic mass is 9.50. The predicted octanol–water partition coefficient (Wildman–Crippen LogP) is 28.2. The van der Waals surface area contributed by atoms with Gasteiger partial charge in [0.15, 0.2) is 39.1 Å². The van der Waals surface area contributed by atoms with E-state index in [0.29, 0.717) is 68.1 Å². The summed E-state index contributed by atoms with van der Waals surface area (Å²) in [7, 11) is 0. The van der Waals surface area contributed by atoms with Crippen molar-refractivity contribution in [3.63, 3.8) is 0 Å². The van der Waals surface area contributed by atoms with Crippen molar-refractivity contribution in [2.45, 2.75) is 540 Å². The molecule has 0 radical (unpaired) electrons. The number of hydrogen-bond donors (Lipinski definition) is 0. The second-order valence-corrected chi connectivity index (χ2v) is 45.2. The van der Waals surface area contributed by atoms with Crippen molar-refractivity contribution in [1.29, 1.82) is 0 Å². The summed E-state index contributed by atoms with van der Waals surface area (Å²) in [6.45, 7) is 70.2. The molecule has 10 bridgehead atoms. The van der Waals surface area contributed by atoms with Gasteiger partial charge in [-0.1, -0.05) is 165 Å². The number of carbonyl (C=O) groups is 12. The van der Waals surface area contributed by atoms with E-state index in [0.717, 1.165) is 163 Å². The highest BCUT2D eigenvalue weighted by Gasteiger charge is 2.68. The minimum Gasteiger partial charge on any atom is -0.457 e. The maximum atomic E-state index is 12.6. The van der Waals surface area contributed by atoms with E-state index in [1.807, 2.05) is 228 Å². The highest BCUT2D eigenvalue weighted by Crippen LogP contribution is 2.71. The molecule has 11 atom stereocenters. The second-order valence-electron chi connectivity index (χ2n) is 45.2. The Labute approximate surface area is 857 Å². The van der Waals surface area contributed by atoms with E-state index in [1.54, 1.807) is 6.92 Å². The van der Waals surface area contributed by atoms with Crippen molar-refractivity contribution in [2.24, 2.45) is 104 Å². The van der Waals surface area contributed by atoms with Gasteiger partial charge < -0.3 is 56.8 Å². The molecule has 0 spiro atoms. The molecule has 13 fully saturated rings. The molecule has 141 heavy (non-hydrogen) atoms. The molecule has 0 N–H and O–H groups in total. The first-order valence-corrected chi connectivity index (χ1v) is 56.7. The molecule has 13 aliphatic carbocycles. The Morgan fingerprint density at radius 2 is 0.596 bits per heavy atom. The third-order valence-electron chi connectivity index (χ3n) is 34.1. The van der Waals surface area contributed by atoms with Crippen molar-refractivity contribution in [3.8, 4) is 0 Å². The van der Waals surface area contributed by atoms with Gasteiger partial charge in [0, 0.05) is 5.92 Å². The molecule has 0 heterocycles. The summed E-state index contributed by atoms with van der Waals surface area (Å²) in [6.07, 6.45) is 38.3. The summed E-state index contributed by atoms with van der Waals surface area (Å²) in [5.74, 6) is 4.17. The predicted molar refractivity (Wildman–Crippen MR) is 559 cm³/mol. The standard InChI is InChI=1S/C22H34O4.C20H32O4.C17H28O4.C16H28O4.2C15H26O4.6C2H6/c1-5-21(3,4)20(24)25-12-17(23)26-22(6-2)11-15-10-16(22)19-14-8-7-13(9-14)18(15)19;1-6-19(3,4)18(22)23-12(2)17(21)24-20(5)15-8-13-7-14(10-15)11-16(20)9-13;1-5-16(3,4)15(19)20-11-14(18)21-17(6-2)10-12-7-8-13(17)9-12;1-5-15(3,4)14(18)19-12-13(17)20-16(6-2)10-8-7-9-11-16;1-5-14(2,3)13(17)18-11-12(16)19-15(4)9-7-6-8-10-15;1-5-14(3,4)13(17)18-11-12(16)19-15(6-2)9-7-8-10-15;6*1-2/h13-16,18-19H,5-12H2,1-4H3;12-16H,6-11H2,1-5H3;12-13H,5-11H2,1-4H3;5-12H2,1-4H3;2*5-11H2,1-4H3;6*1-2H3. The molecule has 0 aromatic rings. The van der Waals surface area contributed by atoms with Crippen LogP contribution in [0.15, 0.2) is 0 Å². The van der Waals surface area contributed by atoms with Crippen LogP contribution in [0.1, 0.15) is 500 Å². The monoisotopic (exact) mass is 2000 g/mol. The second kappa shape index (κ2) is 61.4. The van der Waals surface area contributed by atoms with E-state index in [1.165, 1.54) is 83.5 Å². The molecule has 24 heteroatoms. The first kappa shape index (κ1) is 133. The van der Waals surface area contributed by atoms with Crippen molar-refractivity contribution < 1.29 is 114 Å². The Bertz CT molecular complexity index is 3720. The van der Waals surface area contributed by atoms with Gasteiger partial charge in [0.25, 0.3) is 0 Å². The molecule has 13 saturated carbocycles. The first-order chi connectivity index (χ1) is 66.3. The van der Waals surface area contributed by atoms with E-state index in [-0.39, 0.29) is 114 Å². The van der Waals surface area contributed by atoms with Gasteiger partial charge in [-0.25, -0.2) is 28.8 Å². The molecular weight excluding hydrogens is 1790 g/mol. The average molecular weight is 2000 g/mol. The Kier molecular flexibility index (Phi) is 57.8. The molecule has 24 nitrogen and oxygen atoms in total. The number of esters is 12. The Morgan fingerprint density at radius 1 is 0.291 bits per heavy atom. The van der Waals surface area contributed by atoms with Crippen LogP contribution in [0.25, 0.3) is 0 Å². The van der Waals surface area contributed by atoms with Crippen molar-refractivity contribution in [1.82, 2.24) is 0 Å². The van der Waals surface area contributed by atoms with Gasteiger partial charge in [-0.3, -0.25) is 28.8 Å². The van der Waals surface area contributed by atoms with Crippen molar-refractivity contribution >= 4 is 71.6 Å². The van der Waals surface area contributed by atoms with Crippen LogP contribution in [-0.2, 0) is 114 Å². The molecule has 0 aromatic heterocycles. The average Bonchev–Trinajstić information content (AvgIpc) is 1.53. The molecule has 13 rings (SSSR count). The van der Waals surface area contributed by atoms with Gasteiger partial charge in [0.2, 0.25) is 0 Å². The lowest BCUT2D eigenvalue weighted by Crippen LogP contribution is -2.58. The molecular formula is C117H210O24. The highest BCUT2D eigenvalue weighted by atomic mass is 16.6. The summed E-state index contributed by atoms with van der Waals surface area (Å²) >= 11 is 0. The summed E-state index contributed by atoms with van der Waals surface area (Å²) < 4.78 is 65.4. The maximum Gasteiger partial charge on any atom is 0.347 e. The van der Waals surface area contributed by atoms with E-state index < -0.39 is 62.5 Å². The molecule has 0 saturated heterocycles. The van der Waals surface area contributed by atoms with Crippen LogP contribution in [0.5, 0.6) is 0 Å². The van der Waals surface area contributed by atoms with Gasteiger partial charge in [0.1, 0.15) is 33.6 Å². The van der Waals surface area contributed by atoms with Crippen molar-refractivity contribution in [3.05, 3.63) is 0 Å². The smallest absolute Gasteiger partial charge is 0.347 e. The van der Waals surface area contributed by atoms with Crippen LogP contribution in [0.3, 0.4) is 0 Å². The molecule has 822 valence electrons. The molecule has 11 unspecified atom stereocenters. The number of fused-ring (bicyclic) bond motifs is 11. The minimum atomic E-state index is -0.836. The normalized spacial score (nSPS) is 27.0. The molecule has 13 aliphatic rings. The summed E-state index contributed by atoms with van der Waals surface area (Å²) in [5.41, 5.74) is -5.30. The summed E-state index contributed by atoms with van der Waals surface area (Å²) in [4.78, 5) is 144. The van der Waals surface area contributed by atoms with Gasteiger partial charge in [-0.05, 0) is 400 Å².